The van der Waals surface area contributed by atoms with E-state index in [1.54, 1.807) is 0 Å². The van der Waals surface area contributed by atoms with Gasteiger partial charge in [0.25, 0.3) is 0 Å². The predicted molar refractivity (Wildman–Crippen MR) is 176 cm³/mol. The lowest BCUT2D eigenvalue weighted by Crippen LogP contribution is -3.00. The zero-order valence-corrected chi connectivity index (χ0v) is 28.9. The van der Waals surface area contributed by atoms with E-state index in [1.807, 2.05) is 0 Å². The molecule has 0 aromatic rings. The molecule has 0 bridgehead atoms. The predicted octanol–water partition coefficient (Wildman–Crippen LogP) is 10.2. The summed E-state index contributed by atoms with van der Waals surface area (Å²) in [6.45, 7) is 11.3. The molecule has 0 saturated heterocycles. The van der Waals surface area contributed by atoms with Gasteiger partial charge in [-0.15, -0.1) is 0 Å². The number of unbranched alkanes of at least 4 members (excludes halogenated alkanes) is 27. The van der Waals surface area contributed by atoms with Crippen LogP contribution in [0.3, 0.4) is 0 Å². The molecule has 0 saturated carbocycles. The minimum absolute atomic E-state index is 0. The second kappa shape index (κ2) is 34.5. The van der Waals surface area contributed by atoms with E-state index in [0.717, 1.165) is 0 Å². The Kier molecular flexibility index (Phi) is 36.6. The highest BCUT2D eigenvalue weighted by Gasteiger charge is 2.20. The highest BCUT2D eigenvalue weighted by atomic mass is 35.5. The Hall–Kier alpha value is 0.250. The summed E-state index contributed by atoms with van der Waals surface area (Å²) in [6, 6.07) is 0. The molecule has 238 valence electrons. The molecular formula is C37H78ClN. The molecule has 0 aliphatic heterocycles. The lowest BCUT2D eigenvalue weighted by Gasteiger charge is -2.35. The van der Waals surface area contributed by atoms with E-state index in [2.05, 4.69) is 27.8 Å². The van der Waals surface area contributed by atoms with Crippen LogP contribution < -0.4 is 12.4 Å². The van der Waals surface area contributed by atoms with Gasteiger partial charge < -0.3 is 16.9 Å². The van der Waals surface area contributed by atoms with Crippen LogP contribution in [0.15, 0.2) is 0 Å². The maximum Gasteiger partial charge on any atom is 0.0784 e. The van der Waals surface area contributed by atoms with Crippen molar-refractivity contribution < 1.29 is 16.9 Å². The maximum atomic E-state index is 2.61. The molecule has 0 radical (unpaired) electrons. The minimum Gasteiger partial charge on any atom is -1.00 e. The summed E-state index contributed by atoms with van der Waals surface area (Å²) >= 11 is 0. The second-order valence-electron chi connectivity index (χ2n) is 13.3. The Balaban J connectivity index is 0. The van der Waals surface area contributed by atoms with Crippen LogP contribution in [0.1, 0.15) is 213 Å². The average molecular weight is 572 g/mol. The Labute approximate surface area is 256 Å². The Bertz CT molecular complexity index is 364. The van der Waals surface area contributed by atoms with Crippen LogP contribution >= 0.6 is 0 Å². The van der Waals surface area contributed by atoms with Crippen molar-refractivity contribution >= 4 is 0 Å². The molecule has 0 atom stereocenters. The first kappa shape index (κ1) is 41.4. The van der Waals surface area contributed by atoms with Gasteiger partial charge in [0.05, 0.1) is 26.7 Å². The van der Waals surface area contributed by atoms with Crippen LogP contribution in [0.25, 0.3) is 0 Å². The Morgan fingerprint density at radius 1 is 0.256 bits per heavy atom. The van der Waals surface area contributed by atoms with Gasteiger partial charge in [0.15, 0.2) is 0 Å². The fourth-order valence-electron chi connectivity index (χ4n) is 6.28. The summed E-state index contributed by atoms with van der Waals surface area (Å²) in [6.07, 6.45) is 43.8. The molecule has 0 rings (SSSR count). The van der Waals surface area contributed by atoms with E-state index >= 15 is 0 Å². The second-order valence-corrected chi connectivity index (χ2v) is 13.3. The number of nitrogens with zero attached hydrogens (tertiary/aromatic N) is 1. The molecule has 0 N–H and O–H groups in total. The fourth-order valence-corrected chi connectivity index (χ4v) is 6.28. The van der Waals surface area contributed by atoms with Gasteiger partial charge in [-0.05, 0) is 38.5 Å². The molecule has 0 spiro atoms. The largest absolute Gasteiger partial charge is 1.00 e. The SMILES string of the molecule is CCCCCCCCCCCC[N+](C)(CCCCCCCCCCCC)CCCCCCCCCCCC.[Cl-]. The summed E-state index contributed by atoms with van der Waals surface area (Å²) in [7, 11) is 2.61. The van der Waals surface area contributed by atoms with Crippen molar-refractivity contribution in [2.24, 2.45) is 0 Å². The topological polar surface area (TPSA) is 0 Å². The van der Waals surface area contributed by atoms with E-state index in [1.165, 1.54) is 217 Å². The summed E-state index contributed by atoms with van der Waals surface area (Å²) in [5.74, 6) is 0. The molecule has 0 aliphatic rings. The number of hydrogen-bond acceptors (Lipinski definition) is 0. The van der Waals surface area contributed by atoms with Gasteiger partial charge in [-0.3, -0.25) is 0 Å². The maximum absolute atomic E-state index is 2.61. The third-order valence-electron chi connectivity index (χ3n) is 9.15. The van der Waals surface area contributed by atoms with Crippen molar-refractivity contribution in [1.82, 2.24) is 0 Å². The standard InChI is InChI=1S/C37H78N.ClH/c1-5-8-11-14-17-20-23-26-29-32-35-38(4,36-33-30-27-24-21-18-15-12-9-6-2)37-34-31-28-25-22-19-16-13-10-7-3;/h5-37H2,1-4H3;1H/q+1;/p-1. The van der Waals surface area contributed by atoms with E-state index in [9.17, 15) is 0 Å². The van der Waals surface area contributed by atoms with Crippen LogP contribution in [0.4, 0.5) is 0 Å². The molecule has 0 aliphatic carbocycles. The van der Waals surface area contributed by atoms with Crippen molar-refractivity contribution in [3.8, 4) is 0 Å². The molecular weight excluding hydrogens is 494 g/mol. The minimum atomic E-state index is 0. The first-order valence-corrected chi connectivity index (χ1v) is 18.5. The van der Waals surface area contributed by atoms with Gasteiger partial charge in [-0.25, -0.2) is 0 Å². The normalized spacial score (nSPS) is 11.7. The first-order chi connectivity index (χ1) is 18.7. The highest BCUT2D eigenvalue weighted by Crippen LogP contribution is 2.18. The third kappa shape index (κ3) is 32.6. The highest BCUT2D eigenvalue weighted by molar-refractivity contribution is 4.53. The van der Waals surface area contributed by atoms with Crippen molar-refractivity contribution in [2.75, 3.05) is 26.7 Å². The summed E-state index contributed by atoms with van der Waals surface area (Å²) in [4.78, 5) is 0. The number of hydrogen-bond donors (Lipinski definition) is 0. The van der Waals surface area contributed by atoms with Gasteiger partial charge >= 0.3 is 0 Å². The van der Waals surface area contributed by atoms with E-state index < -0.39 is 0 Å². The van der Waals surface area contributed by atoms with Crippen LogP contribution in [0.2, 0.25) is 0 Å². The average Bonchev–Trinajstić information content (AvgIpc) is 2.92. The quantitative estimate of drug-likeness (QED) is 0.0542. The number of halogens is 1. The van der Waals surface area contributed by atoms with Crippen molar-refractivity contribution in [3.63, 3.8) is 0 Å². The zero-order chi connectivity index (χ0) is 27.8. The summed E-state index contributed by atoms with van der Waals surface area (Å²) < 4.78 is 1.37. The molecule has 0 aromatic carbocycles. The van der Waals surface area contributed by atoms with Crippen molar-refractivity contribution in [3.05, 3.63) is 0 Å². The molecule has 2 heteroatoms. The van der Waals surface area contributed by atoms with Gasteiger partial charge in [0, 0.05) is 0 Å². The van der Waals surface area contributed by atoms with Crippen LogP contribution in [0, 0.1) is 0 Å². The molecule has 1 nitrogen and oxygen atoms in total. The number of rotatable bonds is 33. The van der Waals surface area contributed by atoms with E-state index in [-0.39, 0.29) is 12.4 Å². The van der Waals surface area contributed by atoms with Crippen molar-refractivity contribution in [2.45, 2.75) is 213 Å². The molecule has 0 fully saturated rings. The van der Waals surface area contributed by atoms with Crippen LogP contribution in [-0.4, -0.2) is 31.2 Å². The summed E-state index contributed by atoms with van der Waals surface area (Å²) in [5, 5.41) is 0. The molecule has 0 aromatic heterocycles. The summed E-state index contributed by atoms with van der Waals surface area (Å²) in [5.41, 5.74) is 0. The first-order valence-electron chi connectivity index (χ1n) is 18.5. The third-order valence-corrected chi connectivity index (χ3v) is 9.15. The lowest BCUT2D eigenvalue weighted by atomic mass is 10.0. The van der Waals surface area contributed by atoms with E-state index in [0.29, 0.717) is 0 Å². The zero-order valence-electron chi connectivity index (χ0n) is 28.2. The molecule has 39 heavy (non-hydrogen) atoms. The van der Waals surface area contributed by atoms with Gasteiger partial charge in [-0.2, -0.15) is 0 Å². The van der Waals surface area contributed by atoms with Crippen LogP contribution in [-0.2, 0) is 0 Å². The van der Waals surface area contributed by atoms with Gasteiger partial charge in [0.2, 0.25) is 0 Å². The van der Waals surface area contributed by atoms with Gasteiger partial charge in [0.1, 0.15) is 0 Å². The van der Waals surface area contributed by atoms with Crippen molar-refractivity contribution in [1.29, 1.82) is 0 Å². The number of quaternary nitrogens is 1. The molecule has 0 heterocycles. The lowest BCUT2D eigenvalue weighted by molar-refractivity contribution is -0.910. The molecule has 0 unspecified atom stereocenters. The Morgan fingerprint density at radius 3 is 0.590 bits per heavy atom. The Morgan fingerprint density at radius 2 is 0.410 bits per heavy atom. The smallest absolute Gasteiger partial charge is 0.0784 e. The molecule has 0 amide bonds. The van der Waals surface area contributed by atoms with Gasteiger partial charge in [-0.1, -0.05) is 175 Å². The van der Waals surface area contributed by atoms with Crippen LogP contribution in [0.5, 0.6) is 0 Å². The monoisotopic (exact) mass is 572 g/mol. The van der Waals surface area contributed by atoms with E-state index in [4.69, 9.17) is 0 Å². The fraction of sp³-hybridized carbons (Fsp3) is 1.00.